The van der Waals surface area contributed by atoms with Gasteiger partial charge in [0.25, 0.3) is 5.91 Å². The number of carboxylic acids is 1. The van der Waals surface area contributed by atoms with E-state index in [1.54, 1.807) is 30.3 Å². The van der Waals surface area contributed by atoms with E-state index in [1.807, 2.05) is 6.92 Å². The van der Waals surface area contributed by atoms with Crippen LogP contribution in [0.15, 0.2) is 30.3 Å². The minimum atomic E-state index is -1.34. The summed E-state index contributed by atoms with van der Waals surface area (Å²) in [5.74, 6) is -1.78. The molecule has 1 unspecified atom stereocenters. The predicted molar refractivity (Wildman–Crippen MR) is 65.9 cm³/mol. The molecule has 0 bridgehead atoms. The number of rotatable bonds is 6. The third kappa shape index (κ3) is 3.85. The second-order valence-electron chi connectivity index (χ2n) is 4.00. The molecule has 0 saturated carbocycles. The Morgan fingerprint density at radius 1 is 1.28 bits per heavy atom. The summed E-state index contributed by atoms with van der Waals surface area (Å²) in [7, 11) is 0. The largest absolute Gasteiger partial charge is 0.480 e. The van der Waals surface area contributed by atoms with Crippen LogP contribution in [-0.2, 0) is 9.59 Å². The number of aliphatic hydroxyl groups is 1. The quantitative estimate of drug-likeness (QED) is 0.706. The van der Waals surface area contributed by atoms with Gasteiger partial charge >= 0.3 is 5.97 Å². The Morgan fingerprint density at radius 2 is 1.89 bits per heavy atom. The van der Waals surface area contributed by atoms with Crippen LogP contribution in [-0.4, -0.2) is 28.1 Å². The Balaban J connectivity index is 2.67. The molecule has 1 aromatic carbocycles. The van der Waals surface area contributed by atoms with Gasteiger partial charge in [-0.3, -0.25) is 4.79 Å². The molecule has 5 nitrogen and oxygen atoms in total. The molecular formula is C13H17NO4. The van der Waals surface area contributed by atoms with E-state index in [1.165, 1.54) is 0 Å². The van der Waals surface area contributed by atoms with Crippen LogP contribution in [0, 0.1) is 0 Å². The van der Waals surface area contributed by atoms with Gasteiger partial charge in [-0.2, -0.15) is 0 Å². The van der Waals surface area contributed by atoms with Gasteiger partial charge in [0, 0.05) is 0 Å². The number of benzene rings is 1. The lowest BCUT2D eigenvalue weighted by Crippen LogP contribution is -2.42. The maximum Gasteiger partial charge on any atom is 0.326 e. The van der Waals surface area contributed by atoms with Crippen molar-refractivity contribution in [2.24, 2.45) is 0 Å². The number of carbonyl (C=O) groups excluding carboxylic acids is 1. The summed E-state index contributed by atoms with van der Waals surface area (Å²) in [6, 6.07) is 7.44. The van der Waals surface area contributed by atoms with Crippen LogP contribution in [0.3, 0.4) is 0 Å². The fraction of sp³-hybridized carbons (Fsp3) is 0.385. The highest BCUT2D eigenvalue weighted by Gasteiger charge is 2.23. The first-order valence-corrected chi connectivity index (χ1v) is 5.82. The van der Waals surface area contributed by atoms with Crippen LogP contribution in [0.4, 0.5) is 0 Å². The maximum atomic E-state index is 11.7. The Morgan fingerprint density at radius 3 is 2.39 bits per heavy atom. The molecule has 0 aliphatic rings. The van der Waals surface area contributed by atoms with E-state index in [0.29, 0.717) is 18.4 Å². The van der Waals surface area contributed by atoms with E-state index in [0.717, 1.165) is 0 Å². The van der Waals surface area contributed by atoms with Gasteiger partial charge in [-0.25, -0.2) is 4.79 Å². The third-order valence-corrected chi connectivity index (χ3v) is 2.56. The van der Waals surface area contributed by atoms with E-state index >= 15 is 0 Å². The minimum Gasteiger partial charge on any atom is -0.480 e. The fourth-order valence-electron chi connectivity index (χ4n) is 1.58. The highest BCUT2D eigenvalue weighted by molar-refractivity contribution is 5.86. The Bertz CT molecular complexity index is 405. The predicted octanol–water partition coefficient (Wildman–Crippen LogP) is 1.09. The average Bonchev–Trinajstić information content (AvgIpc) is 2.38. The smallest absolute Gasteiger partial charge is 0.326 e. The van der Waals surface area contributed by atoms with E-state index in [-0.39, 0.29) is 0 Å². The summed E-state index contributed by atoms with van der Waals surface area (Å²) in [4.78, 5) is 22.6. The Hall–Kier alpha value is -1.88. The fourth-order valence-corrected chi connectivity index (χ4v) is 1.58. The Kier molecular flexibility index (Phi) is 5.32. The number of carbonyl (C=O) groups is 2. The molecule has 1 rings (SSSR count). The van der Waals surface area contributed by atoms with Crippen LogP contribution in [0.2, 0.25) is 0 Å². The molecule has 0 radical (unpaired) electrons. The molecule has 0 aliphatic carbocycles. The molecule has 0 heterocycles. The standard InChI is InChI=1S/C13H17NO4/c1-2-6-10(13(17)18)14-12(16)11(15)9-7-4-3-5-8-9/h3-5,7-8,10-11,15H,2,6H2,1H3,(H,14,16)(H,17,18)/t10-,11?/m1/s1. The van der Waals surface area contributed by atoms with Gasteiger partial charge < -0.3 is 15.5 Å². The zero-order valence-electron chi connectivity index (χ0n) is 10.2. The summed E-state index contributed by atoms with van der Waals surface area (Å²) in [6.45, 7) is 1.83. The molecule has 5 heteroatoms. The number of carboxylic acid groups (broad SMARTS) is 1. The van der Waals surface area contributed by atoms with Crippen molar-refractivity contribution in [3.63, 3.8) is 0 Å². The monoisotopic (exact) mass is 251 g/mol. The molecule has 0 spiro atoms. The minimum absolute atomic E-state index is 0.336. The summed E-state index contributed by atoms with van der Waals surface area (Å²) in [5.41, 5.74) is 0.440. The summed E-state index contributed by atoms with van der Waals surface area (Å²) < 4.78 is 0. The summed E-state index contributed by atoms with van der Waals surface area (Å²) >= 11 is 0. The topological polar surface area (TPSA) is 86.6 Å². The maximum absolute atomic E-state index is 11.7. The van der Waals surface area contributed by atoms with Crippen LogP contribution < -0.4 is 5.32 Å². The number of hydrogen-bond acceptors (Lipinski definition) is 3. The molecule has 98 valence electrons. The molecule has 3 N–H and O–H groups in total. The molecule has 0 aliphatic heterocycles. The molecule has 2 atom stereocenters. The van der Waals surface area contributed by atoms with Crippen molar-refractivity contribution in [2.75, 3.05) is 0 Å². The van der Waals surface area contributed by atoms with Crippen molar-refractivity contribution in [1.82, 2.24) is 5.32 Å². The lowest BCUT2D eigenvalue weighted by atomic mass is 10.1. The number of nitrogens with one attached hydrogen (secondary N) is 1. The van der Waals surface area contributed by atoms with Crippen molar-refractivity contribution in [3.8, 4) is 0 Å². The van der Waals surface area contributed by atoms with Gasteiger partial charge in [-0.15, -0.1) is 0 Å². The number of amides is 1. The van der Waals surface area contributed by atoms with Crippen molar-refractivity contribution in [1.29, 1.82) is 0 Å². The van der Waals surface area contributed by atoms with E-state index in [2.05, 4.69) is 5.32 Å². The van der Waals surface area contributed by atoms with Crippen molar-refractivity contribution in [3.05, 3.63) is 35.9 Å². The Labute approximate surface area is 105 Å². The second-order valence-corrected chi connectivity index (χ2v) is 4.00. The van der Waals surface area contributed by atoms with E-state index in [9.17, 15) is 14.7 Å². The molecular weight excluding hydrogens is 234 g/mol. The van der Waals surface area contributed by atoms with Gasteiger partial charge in [-0.1, -0.05) is 43.7 Å². The third-order valence-electron chi connectivity index (χ3n) is 2.56. The summed E-state index contributed by atoms with van der Waals surface area (Å²) in [6.07, 6.45) is -0.369. The molecule has 0 saturated heterocycles. The van der Waals surface area contributed by atoms with Gasteiger partial charge in [0.15, 0.2) is 6.10 Å². The van der Waals surface area contributed by atoms with Gasteiger partial charge in [0.1, 0.15) is 6.04 Å². The highest BCUT2D eigenvalue weighted by Crippen LogP contribution is 2.12. The van der Waals surface area contributed by atoms with Gasteiger partial charge in [0.2, 0.25) is 0 Å². The zero-order chi connectivity index (χ0) is 13.5. The number of aliphatic carboxylic acids is 1. The van der Waals surface area contributed by atoms with Gasteiger partial charge in [-0.05, 0) is 12.0 Å². The molecule has 1 amide bonds. The van der Waals surface area contributed by atoms with Crippen molar-refractivity contribution in [2.45, 2.75) is 31.9 Å². The molecule has 18 heavy (non-hydrogen) atoms. The average molecular weight is 251 g/mol. The molecule has 0 fully saturated rings. The van der Waals surface area contributed by atoms with Crippen LogP contribution in [0.1, 0.15) is 31.4 Å². The normalized spacial score (nSPS) is 13.7. The SMILES string of the molecule is CCC[C@@H](NC(=O)C(O)c1ccccc1)C(=O)O. The zero-order valence-corrected chi connectivity index (χ0v) is 10.2. The first-order chi connectivity index (χ1) is 8.56. The highest BCUT2D eigenvalue weighted by atomic mass is 16.4. The molecule has 1 aromatic rings. The second kappa shape index (κ2) is 6.76. The lowest BCUT2D eigenvalue weighted by Gasteiger charge is -2.16. The van der Waals surface area contributed by atoms with Crippen molar-refractivity contribution >= 4 is 11.9 Å². The van der Waals surface area contributed by atoms with Crippen LogP contribution in [0.25, 0.3) is 0 Å². The molecule has 0 aromatic heterocycles. The van der Waals surface area contributed by atoms with Crippen molar-refractivity contribution < 1.29 is 19.8 Å². The first-order valence-electron chi connectivity index (χ1n) is 5.82. The number of hydrogen-bond donors (Lipinski definition) is 3. The van der Waals surface area contributed by atoms with Crippen LogP contribution >= 0.6 is 0 Å². The van der Waals surface area contributed by atoms with E-state index < -0.39 is 24.0 Å². The lowest BCUT2D eigenvalue weighted by molar-refractivity contribution is -0.143. The first kappa shape index (κ1) is 14.2. The van der Waals surface area contributed by atoms with Gasteiger partial charge in [0.05, 0.1) is 0 Å². The summed E-state index contributed by atoms with van der Waals surface area (Å²) in [5, 5.41) is 21.0. The van der Waals surface area contributed by atoms with E-state index in [4.69, 9.17) is 5.11 Å². The van der Waals surface area contributed by atoms with Crippen LogP contribution in [0.5, 0.6) is 0 Å². The number of aliphatic hydroxyl groups excluding tert-OH is 1.